The molecule has 3 N–H and O–H groups in total. The van der Waals surface area contributed by atoms with Crippen LogP contribution in [0.1, 0.15) is 16.3 Å². The van der Waals surface area contributed by atoms with E-state index >= 15 is 0 Å². The number of amides is 1. The maximum absolute atomic E-state index is 11.4. The SMILES string of the molecule is CS(=O)(=O)N1CCN(Cc2ccc(C(=O)NN)o2)CC1. The van der Waals surface area contributed by atoms with E-state index in [9.17, 15) is 13.2 Å². The van der Waals surface area contributed by atoms with Gasteiger partial charge in [-0.05, 0) is 12.1 Å². The fraction of sp³-hybridized carbons (Fsp3) is 0.545. The number of nitrogens with zero attached hydrogens (tertiary/aromatic N) is 2. The summed E-state index contributed by atoms with van der Waals surface area (Å²) < 4.78 is 29.6. The van der Waals surface area contributed by atoms with Crippen molar-refractivity contribution in [3.8, 4) is 0 Å². The largest absolute Gasteiger partial charge is 0.455 e. The summed E-state index contributed by atoms with van der Waals surface area (Å²) in [4.78, 5) is 13.3. The Morgan fingerprint density at radius 1 is 1.35 bits per heavy atom. The molecule has 0 spiro atoms. The predicted molar refractivity (Wildman–Crippen MR) is 72.1 cm³/mol. The zero-order chi connectivity index (χ0) is 14.8. The van der Waals surface area contributed by atoms with Crippen LogP contribution in [0, 0.1) is 0 Å². The van der Waals surface area contributed by atoms with E-state index in [0.717, 1.165) is 0 Å². The minimum Gasteiger partial charge on any atom is -0.455 e. The molecular weight excluding hydrogens is 284 g/mol. The van der Waals surface area contributed by atoms with Gasteiger partial charge in [0.2, 0.25) is 10.0 Å². The third kappa shape index (κ3) is 3.57. The molecular formula is C11H18N4O4S. The van der Waals surface area contributed by atoms with Crippen molar-refractivity contribution in [2.75, 3.05) is 32.4 Å². The number of nitrogen functional groups attached to an aromatic ring is 1. The second-order valence-corrected chi connectivity index (χ2v) is 6.66. The lowest BCUT2D eigenvalue weighted by molar-refractivity contribution is 0.0920. The smallest absolute Gasteiger partial charge is 0.300 e. The summed E-state index contributed by atoms with van der Waals surface area (Å²) in [6.07, 6.45) is 1.22. The van der Waals surface area contributed by atoms with Crippen LogP contribution in [0.4, 0.5) is 0 Å². The first kappa shape index (κ1) is 15.0. The van der Waals surface area contributed by atoms with Crippen molar-refractivity contribution in [2.45, 2.75) is 6.54 Å². The van der Waals surface area contributed by atoms with E-state index in [0.29, 0.717) is 38.5 Å². The molecule has 0 bridgehead atoms. The van der Waals surface area contributed by atoms with Gasteiger partial charge in [0, 0.05) is 26.2 Å². The highest BCUT2D eigenvalue weighted by Gasteiger charge is 2.24. The van der Waals surface area contributed by atoms with E-state index in [2.05, 4.69) is 4.90 Å². The molecule has 0 atom stereocenters. The van der Waals surface area contributed by atoms with Gasteiger partial charge < -0.3 is 4.42 Å². The molecule has 20 heavy (non-hydrogen) atoms. The Bertz CT molecular complexity index is 575. The molecule has 8 nitrogen and oxygen atoms in total. The molecule has 2 rings (SSSR count). The van der Waals surface area contributed by atoms with Crippen LogP contribution >= 0.6 is 0 Å². The Morgan fingerprint density at radius 3 is 2.55 bits per heavy atom. The molecule has 2 heterocycles. The summed E-state index contributed by atoms with van der Waals surface area (Å²) >= 11 is 0. The molecule has 9 heteroatoms. The average Bonchev–Trinajstić information content (AvgIpc) is 2.86. The van der Waals surface area contributed by atoms with Crippen molar-refractivity contribution in [1.82, 2.24) is 14.6 Å². The van der Waals surface area contributed by atoms with E-state index in [1.54, 1.807) is 12.1 Å². The number of nitrogens with two attached hydrogens (primary N) is 1. The molecule has 0 unspecified atom stereocenters. The van der Waals surface area contributed by atoms with Crippen molar-refractivity contribution in [1.29, 1.82) is 0 Å². The number of hydrazine groups is 1. The molecule has 0 aromatic carbocycles. The van der Waals surface area contributed by atoms with Crippen LogP contribution in [0.2, 0.25) is 0 Å². The first-order valence-corrected chi connectivity index (χ1v) is 8.02. The number of carbonyl (C=O) groups excluding carboxylic acids is 1. The number of furan rings is 1. The van der Waals surface area contributed by atoms with Crippen LogP contribution in [-0.4, -0.2) is 56.0 Å². The first-order valence-electron chi connectivity index (χ1n) is 6.17. The normalized spacial score (nSPS) is 18.1. The minimum absolute atomic E-state index is 0.164. The molecule has 1 amide bonds. The molecule has 0 saturated carbocycles. The lowest BCUT2D eigenvalue weighted by atomic mass is 10.3. The highest BCUT2D eigenvalue weighted by Crippen LogP contribution is 2.13. The van der Waals surface area contributed by atoms with E-state index in [1.165, 1.54) is 10.6 Å². The summed E-state index contributed by atoms with van der Waals surface area (Å²) in [6.45, 7) is 2.74. The lowest BCUT2D eigenvalue weighted by Gasteiger charge is -2.32. The first-order chi connectivity index (χ1) is 9.40. The fourth-order valence-electron chi connectivity index (χ4n) is 2.10. The number of sulfonamides is 1. The number of carbonyl (C=O) groups is 1. The minimum atomic E-state index is -3.12. The number of nitrogens with one attached hydrogen (secondary N) is 1. The van der Waals surface area contributed by atoms with Crippen LogP contribution < -0.4 is 11.3 Å². The zero-order valence-electron chi connectivity index (χ0n) is 11.2. The monoisotopic (exact) mass is 302 g/mol. The second kappa shape index (κ2) is 5.92. The Hall–Kier alpha value is -1.42. The number of hydrogen-bond acceptors (Lipinski definition) is 6. The Kier molecular flexibility index (Phi) is 4.43. The van der Waals surface area contributed by atoms with Gasteiger partial charge in [0.25, 0.3) is 0 Å². The van der Waals surface area contributed by atoms with Gasteiger partial charge in [-0.25, -0.2) is 14.3 Å². The van der Waals surface area contributed by atoms with Gasteiger partial charge in [0.05, 0.1) is 12.8 Å². The van der Waals surface area contributed by atoms with Crippen molar-refractivity contribution < 1.29 is 17.6 Å². The van der Waals surface area contributed by atoms with Gasteiger partial charge in [-0.2, -0.15) is 4.31 Å². The number of rotatable bonds is 4. The number of hydrogen-bond donors (Lipinski definition) is 2. The third-order valence-electron chi connectivity index (χ3n) is 3.20. The Labute approximate surface area is 117 Å². The highest BCUT2D eigenvalue weighted by molar-refractivity contribution is 7.88. The maximum Gasteiger partial charge on any atom is 0.300 e. The highest BCUT2D eigenvalue weighted by atomic mass is 32.2. The van der Waals surface area contributed by atoms with Gasteiger partial charge in [-0.1, -0.05) is 0 Å². The van der Waals surface area contributed by atoms with E-state index in [-0.39, 0.29) is 5.76 Å². The molecule has 1 aromatic rings. The van der Waals surface area contributed by atoms with E-state index in [1.807, 2.05) is 5.43 Å². The molecule has 1 aromatic heterocycles. The van der Waals surface area contributed by atoms with Crippen LogP contribution in [0.25, 0.3) is 0 Å². The summed E-state index contributed by atoms with van der Waals surface area (Å²) in [6, 6.07) is 3.28. The topological polar surface area (TPSA) is 109 Å². The standard InChI is InChI=1S/C11H18N4O4S/c1-20(17,18)15-6-4-14(5-7-15)8-9-2-3-10(19-9)11(16)13-12/h2-3H,4-8,12H2,1H3,(H,13,16). The third-order valence-corrected chi connectivity index (χ3v) is 4.50. The van der Waals surface area contributed by atoms with Crippen LogP contribution in [-0.2, 0) is 16.6 Å². The molecule has 1 aliphatic heterocycles. The molecule has 112 valence electrons. The summed E-state index contributed by atoms with van der Waals surface area (Å²) in [7, 11) is -3.12. The summed E-state index contributed by atoms with van der Waals surface area (Å²) in [5, 5.41) is 0. The van der Waals surface area contributed by atoms with Gasteiger partial charge in [0.1, 0.15) is 5.76 Å². The van der Waals surface area contributed by atoms with Gasteiger partial charge in [-0.15, -0.1) is 0 Å². The van der Waals surface area contributed by atoms with Crippen LogP contribution in [0.5, 0.6) is 0 Å². The zero-order valence-corrected chi connectivity index (χ0v) is 12.0. The Morgan fingerprint density at radius 2 is 2.00 bits per heavy atom. The maximum atomic E-state index is 11.4. The van der Waals surface area contributed by atoms with Crippen LogP contribution in [0.3, 0.4) is 0 Å². The summed E-state index contributed by atoms with van der Waals surface area (Å²) in [5.74, 6) is 5.36. The quantitative estimate of drug-likeness (QED) is 0.418. The number of piperazine rings is 1. The molecule has 0 radical (unpaired) electrons. The average molecular weight is 302 g/mol. The lowest BCUT2D eigenvalue weighted by Crippen LogP contribution is -2.47. The van der Waals surface area contributed by atoms with Gasteiger partial charge >= 0.3 is 5.91 Å². The van der Waals surface area contributed by atoms with Crippen LogP contribution in [0.15, 0.2) is 16.5 Å². The molecule has 1 aliphatic rings. The van der Waals surface area contributed by atoms with E-state index < -0.39 is 15.9 Å². The summed E-state index contributed by atoms with van der Waals surface area (Å²) in [5.41, 5.74) is 2.00. The fourth-order valence-corrected chi connectivity index (χ4v) is 2.92. The van der Waals surface area contributed by atoms with Crippen molar-refractivity contribution in [3.05, 3.63) is 23.7 Å². The Balaban J connectivity index is 1.90. The molecule has 1 fully saturated rings. The van der Waals surface area contributed by atoms with E-state index in [4.69, 9.17) is 10.3 Å². The molecule has 1 saturated heterocycles. The van der Waals surface area contributed by atoms with Crippen molar-refractivity contribution in [3.63, 3.8) is 0 Å². The van der Waals surface area contributed by atoms with Gasteiger partial charge in [0.15, 0.2) is 5.76 Å². The van der Waals surface area contributed by atoms with Crippen molar-refractivity contribution in [2.24, 2.45) is 5.84 Å². The van der Waals surface area contributed by atoms with Crippen molar-refractivity contribution >= 4 is 15.9 Å². The second-order valence-electron chi connectivity index (χ2n) is 4.68. The predicted octanol–water partition coefficient (Wildman–Crippen LogP) is -1.04. The molecule has 0 aliphatic carbocycles. The van der Waals surface area contributed by atoms with Gasteiger partial charge in [-0.3, -0.25) is 15.1 Å².